The van der Waals surface area contributed by atoms with Crippen LogP contribution in [-0.4, -0.2) is 19.4 Å². The molecule has 0 saturated heterocycles. The van der Waals surface area contributed by atoms with Gasteiger partial charge in [-0.2, -0.15) is 5.10 Å². The predicted octanol–water partition coefficient (Wildman–Crippen LogP) is 2.93. The standard InChI is InChI=1S/C16H16ClN3O3/c1-22-14-8-12(9-19-20-16(18)21)7-13(17)15(14)23-10-11-5-3-2-4-6-11/h2-9H,10H2,1H3,(H3,18,20,21)/b19-9+. The van der Waals surface area contributed by atoms with Crippen molar-refractivity contribution in [2.24, 2.45) is 10.8 Å². The first-order valence-electron chi connectivity index (χ1n) is 6.73. The van der Waals surface area contributed by atoms with Crippen LogP contribution in [0.15, 0.2) is 47.6 Å². The SMILES string of the molecule is COc1cc(/C=N/NC(N)=O)cc(Cl)c1OCc1ccccc1. The molecule has 0 unspecified atom stereocenters. The lowest BCUT2D eigenvalue weighted by atomic mass is 10.2. The number of benzene rings is 2. The molecule has 2 aromatic rings. The lowest BCUT2D eigenvalue weighted by Gasteiger charge is -2.13. The smallest absolute Gasteiger partial charge is 0.332 e. The molecule has 0 aliphatic carbocycles. The second-order valence-corrected chi connectivity index (χ2v) is 4.95. The minimum absolute atomic E-state index is 0.369. The van der Waals surface area contributed by atoms with Gasteiger partial charge in [-0.25, -0.2) is 10.2 Å². The van der Waals surface area contributed by atoms with Gasteiger partial charge in [0.15, 0.2) is 11.5 Å². The van der Waals surface area contributed by atoms with Crippen molar-refractivity contribution in [2.75, 3.05) is 7.11 Å². The minimum Gasteiger partial charge on any atom is -0.493 e. The fraction of sp³-hybridized carbons (Fsp3) is 0.125. The minimum atomic E-state index is -0.748. The molecule has 0 aliphatic rings. The van der Waals surface area contributed by atoms with E-state index in [1.54, 1.807) is 12.1 Å². The average Bonchev–Trinajstić information content (AvgIpc) is 2.54. The van der Waals surface area contributed by atoms with Crippen molar-refractivity contribution < 1.29 is 14.3 Å². The molecule has 0 atom stereocenters. The molecule has 0 heterocycles. The molecule has 2 aromatic carbocycles. The first-order valence-corrected chi connectivity index (χ1v) is 7.10. The lowest BCUT2D eigenvalue weighted by molar-refractivity contribution is 0.249. The maximum absolute atomic E-state index is 10.6. The molecule has 3 N–H and O–H groups in total. The second kappa shape index (κ2) is 8.05. The van der Waals surface area contributed by atoms with Crippen LogP contribution < -0.4 is 20.6 Å². The highest BCUT2D eigenvalue weighted by molar-refractivity contribution is 6.32. The Hall–Kier alpha value is -2.73. The number of hydrogen-bond acceptors (Lipinski definition) is 4. The molecule has 0 bridgehead atoms. The van der Waals surface area contributed by atoms with E-state index in [1.165, 1.54) is 13.3 Å². The zero-order valence-corrected chi connectivity index (χ0v) is 13.2. The Balaban J connectivity index is 2.16. The summed E-state index contributed by atoms with van der Waals surface area (Å²) in [7, 11) is 1.52. The van der Waals surface area contributed by atoms with Crippen LogP contribution in [0.3, 0.4) is 0 Å². The normalized spacial score (nSPS) is 10.5. The van der Waals surface area contributed by atoms with Crippen LogP contribution in [0.2, 0.25) is 5.02 Å². The molecule has 0 aliphatic heterocycles. The Morgan fingerprint density at radius 3 is 2.74 bits per heavy atom. The number of methoxy groups -OCH3 is 1. The topological polar surface area (TPSA) is 85.9 Å². The van der Waals surface area contributed by atoms with Gasteiger partial charge in [0.25, 0.3) is 0 Å². The van der Waals surface area contributed by atoms with E-state index in [-0.39, 0.29) is 0 Å². The maximum Gasteiger partial charge on any atom is 0.332 e. The predicted molar refractivity (Wildman–Crippen MR) is 89.1 cm³/mol. The summed E-state index contributed by atoms with van der Waals surface area (Å²) in [6, 6.07) is 12.3. The summed E-state index contributed by atoms with van der Waals surface area (Å²) in [4.78, 5) is 10.6. The third kappa shape index (κ3) is 4.89. The number of halogens is 1. The van der Waals surface area contributed by atoms with Gasteiger partial charge in [-0.05, 0) is 23.3 Å². The van der Waals surface area contributed by atoms with Gasteiger partial charge in [-0.15, -0.1) is 0 Å². The molecule has 23 heavy (non-hydrogen) atoms. The van der Waals surface area contributed by atoms with Gasteiger partial charge in [0.2, 0.25) is 0 Å². The van der Waals surface area contributed by atoms with Gasteiger partial charge < -0.3 is 15.2 Å². The van der Waals surface area contributed by atoms with E-state index in [0.717, 1.165) is 5.56 Å². The number of hydrazone groups is 1. The van der Waals surface area contributed by atoms with Crippen molar-refractivity contribution in [3.8, 4) is 11.5 Å². The lowest BCUT2D eigenvalue weighted by Crippen LogP contribution is -2.24. The van der Waals surface area contributed by atoms with Crippen LogP contribution in [0.25, 0.3) is 0 Å². The monoisotopic (exact) mass is 333 g/mol. The Morgan fingerprint density at radius 1 is 1.35 bits per heavy atom. The van der Waals surface area contributed by atoms with Crippen molar-refractivity contribution >= 4 is 23.8 Å². The van der Waals surface area contributed by atoms with E-state index in [4.69, 9.17) is 26.8 Å². The number of nitrogens with zero attached hydrogens (tertiary/aromatic N) is 1. The first-order chi connectivity index (χ1) is 11.1. The number of primary amides is 1. The number of hydrogen-bond donors (Lipinski definition) is 2. The molecule has 0 radical (unpaired) electrons. The van der Waals surface area contributed by atoms with Gasteiger partial charge in [0, 0.05) is 0 Å². The van der Waals surface area contributed by atoms with E-state index in [0.29, 0.717) is 28.7 Å². The highest BCUT2D eigenvalue weighted by Crippen LogP contribution is 2.36. The van der Waals surface area contributed by atoms with Crippen molar-refractivity contribution in [2.45, 2.75) is 6.61 Å². The molecule has 120 valence electrons. The number of amides is 2. The zero-order valence-electron chi connectivity index (χ0n) is 12.5. The molecule has 2 amide bonds. The summed E-state index contributed by atoms with van der Waals surface area (Å²) < 4.78 is 11.1. The number of nitrogens with one attached hydrogen (secondary N) is 1. The summed E-state index contributed by atoms with van der Waals surface area (Å²) in [5.41, 5.74) is 8.68. The van der Waals surface area contributed by atoms with Crippen LogP contribution in [0.5, 0.6) is 11.5 Å². The van der Waals surface area contributed by atoms with Crippen molar-refractivity contribution in [3.63, 3.8) is 0 Å². The summed E-state index contributed by atoms with van der Waals surface area (Å²) in [6.45, 7) is 0.369. The molecule has 0 spiro atoms. The average molecular weight is 334 g/mol. The Morgan fingerprint density at radius 2 is 2.09 bits per heavy atom. The Bertz CT molecular complexity index is 705. The summed E-state index contributed by atoms with van der Waals surface area (Å²) in [5, 5.41) is 4.05. The van der Waals surface area contributed by atoms with Gasteiger partial charge >= 0.3 is 6.03 Å². The van der Waals surface area contributed by atoms with E-state index in [2.05, 4.69) is 10.5 Å². The number of ether oxygens (including phenoxy) is 2. The van der Waals surface area contributed by atoms with Crippen LogP contribution in [0, 0.1) is 0 Å². The molecule has 0 saturated carbocycles. The first kappa shape index (κ1) is 16.6. The molecular formula is C16H16ClN3O3. The molecule has 0 fully saturated rings. The molecule has 2 rings (SSSR count). The van der Waals surface area contributed by atoms with E-state index < -0.39 is 6.03 Å². The maximum atomic E-state index is 10.6. The van der Waals surface area contributed by atoms with Gasteiger partial charge in [-0.1, -0.05) is 41.9 Å². The second-order valence-electron chi connectivity index (χ2n) is 4.54. The van der Waals surface area contributed by atoms with Crippen LogP contribution >= 0.6 is 11.6 Å². The van der Waals surface area contributed by atoms with Crippen LogP contribution in [-0.2, 0) is 6.61 Å². The fourth-order valence-electron chi connectivity index (χ4n) is 1.85. The number of nitrogens with two attached hydrogens (primary N) is 1. The number of rotatable bonds is 6. The van der Waals surface area contributed by atoms with Gasteiger partial charge in [0.1, 0.15) is 6.61 Å². The van der Waals surface area contributed by atoms with Crippen molar-refractivity contribution in [3.05, 3.63) is 58.6 Å². The van der Waals surface area contributed by atoms with Crippen molar-refractivity contribution in [1.29, 1.82) is 0 Å². The highest BCUT2D eigenvalue weighted by atomic mass is 35.5. The quantitative estimate of drug-likeness (QED) is 0.629. The van der Waals surface area contributed by atoms with Crippen LogP contribution in [0.1, 0.15) is 11.1 Å². The number of urea groups is 1. The molecule has 0 aromatic heterocycles. The number of carbonyl (C=O) groups excluding carboxylic acids is 1. The van der Waals surface area contributed by atoms with Crippen LogP contribution in [0.4, 0.5) is 4.79 Å². The number of carbonyl (C=O) groups is 1. The van der Waals surface area contributed by atoms with E-state index >= 15 is 0 Å². The zero-order chi connectivity index (χ0) is 16.7. The van der Waals surface area contributed by atoms with E-state index in [9.17, 15) is 4.79 Å². The van der Waals surface area contributed by atoms with E-state index in [1.807, 2.05) is 30.3 Å². The fourth-order valence-corrected chi connectivity index (χ4v) is 2.13. The van der Waals surface area contributed by atoms with Gasteiger partial charge in [0.05, 0.1) is 18.3 Å². The third-order valence-corrected chi connectivity index (χ3v) is 3.15. The largest absolute Gasteiger partial charge is 0.493 e. The van der Waals surface area contributed by atoms with Crippen molar-refractivity contribution in [1.82, 2.24) is 5.43 Å². The molecule has 6 nitrogen and oxygen atoms in total. The summed E-state index contributed by atoms with van der Waals surface area (Å²) >= 11 is 6.24. The Labute approximate surface area is 138 Å². The summed E-state index contributed by atoms with van der Waals surface area (Å²) in [6.07, 6.45) is 1.40. The van der Waals surface area contributed by atoms with Gasteiger partial charge in [-0.3, -0.25) is 0 Å². The third-order valence-electron chi connectivity index (χ3n) is 2.87. The summed E-state index contributed by atoms with van der Waals surface area (Å²) in [5.74, 6) is 0.909. The molecule has 7 heteroatoms. The highest BCUT2D eigenvalue weighted by Gasteiger charge is 2.11. The Kier molecular flexibility index (Phi) is 5.82. The molecular weight excluding hydrogens is 318 g/mol.